The summed E-state index contributed by atoms with van der Waals surface area (Å²) in [6, 6.07) is 5.46. The first kappa shape index (κ1) is 19.7. The van der Waals surface area contributed by atoms with E-state index < -0.39 is 6.61 Å². The third-order valence-electron chi connectivity index (χ3n) is 4.94. The number of fused-ring (bicyclic) bond motifs is 2. The Balaban J connectivity index is 0.00000225. The average Bonchev–Trinajstić information content (AvgIpc) is 2.91. The fourth-order valence-corrected chi connectivity index (χ4v) is 3.71. The highest BCUT2D eigenvalue weighted by Crippen LogP contribution is 2.32. The second-order valence-corrected chi connectivity index (χ2v) is 6.42. The van der Waals surface area contributed by atoms with Gasteiger partial charge in [-0.1, -0.05) is 0 Å². The molecule has 1 amide bonds. The molecule has 25 heavy (non-hydrogen) atoms. The molecule has 0 spiro atoms. The number of carbonyl (C=O) groups excluding carboxylic acids is 1. The van der Waals surface area contributed by atoms with E-state index in [-0.39, 0.29) is 35.9 Å². The molecule has 2 bridgehead atoms. The molecule has 0 radical (unpaired) electrons. The van der Waals surface area contributed by atoms with Crippen molar-refractivity contribution in [1.29, 1.82) is 0 Å². The van der Waals surface area contributed by atoms with Crippen molar-refractivity contribution < 1.29 is 23.0 Å². The van der Waals surface area contributed by atoms with Crippen molar-refractivity contribution >= 4 is 18.3 Å². The molecule has 8 heteroatoms. The normalized spacial score (nSPS) is 24.6. The van der Waals surface area contributed by atoms with Crippen LogP contribution in [-0.4, -0.2) is 49.7 Å². The lowest BCUT2D eigenvalue weighted by Crippen LogP contribution is -2.48. The van der Waals surface area contributed by atoms with Gasteiger partial charge in [0.1, 0.15) is 0 Å². The highest BCUT2D eigenvalue weighted by molar-refractivity contribution is 5.95. The monoisotopic (exact) mass is 376 g/mol. The molecule has 3 rings (SSSR count). The predicted octanol–water partition coefficient (Wildman–Crippen LogP) is 3.07. The van der Waals surface area contributed by atoms with Gasteiger partial charge in [-0.25, -0.2) is 0 Å². The van der Waals surface area contributed by atoms with Crippen molar-refractivity contribution in [1.82, 2.24) is 10.2 Å². The van der Waals surface area contributed by atoms with E-state index in [1.54, 1.807) is 11.9 Å². The molecule has 0 saturated carbocycles. The number of nitrogens with one attached hydrogen (secondary N) is 1. The quantitative estimate of drug-likeness (QED) is 0.858. The second kappa shape index (κ2) is 8.19. The molecule has 2 unspecified atom stereocenters. The first-order valence-corrected chi connectivity index (χ1v) is 8.14. The maximum absolute atomic E-state index is 12.7. The summed E-state index contributed by atoms with van der Waals surface area (Å²) in [5.41, 5.74) is 0.404. The van der Waals surface area contributed by atoms with Crippen LogP contribution in [0.15, 0.2) is 18.2 Å². The van der Waals surface area contributed by atoms with Crippen LogP contribution in [0.3, 0.4) is 0 Å². The molecule has 140 valence electrons. The Kier molecular flexibility index (Phi) is 6.46. The molecule has 0 aromatic heterocycles. The Morgan fingerprint density at radius 3 is 2.44 bits per heavy atom. The molecule has 2 heterocycles. The van der Waals surface area contributed by atoms with Gasteiger partial charge in [0, 0.05) is 30.7 Å². The number of hydrogen-bond donors (Lipinski definition) is 1. The van der Waals surface area contributed by atoms with Crippen molar-refractivity contribution in [2.75, 3.05) is 14.2 Å². The van der Waals surface area contributed by atoms with E-state index in [1.165, 1.54) is 25.3 Å². The maximum atomic E-state index is 12.7. The molecule has 2 aliphatic heterocycles. The highest BCUT2D eigenvalue weighted by atomic mass is 35.5. The van der Waals surface area contributed by atoms with Crippen LogP contribution in [0.2, 0.25) is 0 Å². The predicted molar refractivity (Wildman–Crippen MR) is 91.9 cm³/mol. The zero-order chi connectivity index (χ0) is 17.3. The van der Waals surface area contributed by atoms with Crippen molar-refractivity contribution in [3.8, 4) is 11.5 Å². The van der Waals surface area contributed by atoms with Crippen molar-refractivity contribution in [2.45, 2.75) is 50.4 Å². The molecule has 1 N–H and O–H groups in total. The molecule has 1 aromatic carbocycles. The fourth-order valence-electron chi connectivity index (χ4n) is 3.71. The van der Waals surface area contributed by atoms with Crippen LogP contribution in [0.25, 0.3) is 0 Å². The van der Waals surface area contributed by atoms with Gasteiger partial charge < -0.3 is 19.7 Å². The van der Waals surface area contributed by atoms with E-state index in [0.717, 1.165) is 25.7 Å². The molecule has 2 aliphatic rings. The maximum Gasteiger partial charge on any atom is 0.387 e. The summed E-state index contributed by atoms with van der Waals surface area (Å²) in [6.45, 7) is -2.94. The smallest absolute Gasteiger partial charge is 0.387 e. The molecular formula is C17H23ClF2N2O3. The Morgan fingerprint density at radius 1 is 1.24 bits per heavy atom. The topological polar surface area (TPSA) is 50.8 Å². The minimum absolute atomic E-state index is 0. The number of alkyl halides is 2. The second-order valence-electron chi connectivity index (χ2n) is 6.42. The van der Waals surface area contributed by atoms with Crippen LogP contribution in [0.1, 0.15) is 36.0 Å². The number of piperidine rings is 1. The van der Waals surface area contributed by atoms with Gasteiger partial charge in [0.15, 0.2) is 11.5 Å². The number of benzene rings is 1. The number of halogens is 3. The van der Waals surface area contributed by atoms with E-state index in [1.807, 2.05) is 0 Å². The van der Waals surface area contributed by atoms with Gasteiger partial charge in [0.2, 0.25) is 0 Å². The number of hydrogen-bond acceptors (Lipinski definition) is 4. The minimum Gasteiger partial charge on any atom is -0.493 e. The van der Waals surface area contributed by atoms with Crippen LogP contribution in [0, 0.1) is 0 Å². The van der Waals surface area contributed by atoms with Gasteiger partial charge in [-0.15, -0.1) is 12.4 Å². The Hall–Kier alpha value is -1.60. The number of nitrogens with zero attached hydrogens (tertiary/aromatic N) is 1. The van der Waals surface area contributed by atoms with Gasteiger partial charge in [0.25, 0.3) is 5.91 Å². The summed E-state index contributed by atoms with van der Waals surface area (Å²) in [4.78, 5) is 14.5. The molecule has 1 aromatic rings. The number of ether oxygens (including phenoxy) is 2. The first-order valence-electron chi connectivity index (χ1n) is 8.14. The van der Waals surface area contributed by atoms with Crippen LogP contribution >= 0.6 is 12.4 Å². The minimum atomic E-state index is -2.94. The van der Waals surface area contributed by atoms with Gasteiger partial charge in [-0.2, -0.15) is 8.78 Å². The van der Waals surface area contributed by atoms with E-state index in [4.69, 9.17) is 4.74 Å². The SMILES string of the molecule is COc1cc(C(=O)N(C)C2CC3CCC(C2)N3)ccc1OC(F)F.Cl. The third kappa shape index (κ3) is 4.33. The standard InChI is InChI=1S/C17H22F2N2O3.ClH/c1-21(13-8-11-4-5-12(9-13)20-11)16(22)10-3-6-14(24-17(18)19)15(7-10)23-2;/h3,6-7,11-13,17,20H,4-5,8-9H2,1-2H3;1H. The van der Waals surface area contributed by atoms with E-state index in [0.29, 0.717) is 17.6 Å². The number of methoxy groups -OCH3 is 1. The largest absolute Gasteiger partial charge is 0.493 e. The summed E-state index contributed by atoms with van der Waals surface area (Å²) < 4.78 is 34.2. The zero-order valence-electron chi connectivity index (χ0n) is 14.2. The van der Waals surface area contributed by atoms with Gasteiger partial charge in [-0.3, -0.25) is 4.79 Å². The van der Waals surface area contributed by atoms with Gasteiger partial charge in [-0.05, 0) is 43.9 Å². The Morgan fingerprint density at radius 2 is 1.88 bits per heavy atom. The number of carbonyl (C=O) groups is 1. The first-order chi connectivity index (χ1) is 11.5. The zero-order valence-corrected chi connectivity index (χ0v) is 15.0. The van der Waals surface area contributed by atoms with E-state index >= 15 is 0 Å². The summed E-state index contributed by atoms with van der Waals surface area (Å²) in [5.74, 6) is -0.0882. The van der Waals surface area contributed by atoms with Crippen LogP contribution < -0.4 is 14.8 Å². The molecule has 0 aliphatic carbocycles. The highest BCUT2D eigenvalue weighted by Gasteiger charge is 2.36. The average molecular weight is 377 g/mol. The lowest BCUT2D eigenvalue weighted by molar-refractivity contribution is -0.0512. The van der Waals surface area contributed by atoms with Crippen LogP contribution in [-0.2, 0) is 0 Å². The van der Waals surface area contributed by atoms with Gasteiger partial charge in [0.05, 0.1) is 7.11 Å². The van der Waals surface area contributed by atoms with E-state index in [2.05, 4.69) is 10.1 Å². The Labute approximate surface area is 152 Å². The summed E-state index contributed by atoms with van der Waals surface area (Å²) in [7, 11) is 3.16. The molecule has 5 nitrogen and oxygen atoms in total. The van der Waals surface area contributed by atoms with E-state index in [9.17, 15) is 13.6 Å². The Bertz CT molecular complexity index is 606. The number of amides is 1. The summed E-state index contributed by atoms with van der Waals surface area (Å²) >= 11 is 0. The number of rotatable bonds is 5. The summed E-state index contributed by atoms with van der Waals surface area (Å²) in [5, 5.41) is 3.55. The lowest BCUT2D eigenvalue weighted by atomic mass is 9.98. The lowest BCUT2D eigenvalue weighted by Gasteiger charge is -2.35. The fraction of sp³-hybridized carbons (Fsp3) is 0.588. The van der Waals surface area contributed by atoms with Crippen LogP contribution in [0.5, 0.6) is 11.5 Å². The van der Waals surface area contributed by atoms with Gasteiger partial charge >= 0.3 is 6.61 Å². The van der Waals surface area contributed by atoms with Crippen molar-refractivity contribution in [3.63, 3.8) is 0 Å². The van der Waals surface area contributed by atoms with Crippen molar-refractivity contribution in [2.24, 2.45) is 0 Å². The van der Waals surface area contributed by atoms with Crippen molar-refractivity contribution in [3.05, 3.63) is 23.8 Å². The van der Waals surface area contributed by atoms with Crippen LogP contribution in [0.4, 0.5) is 8.78 Å². The molecular weight excluding hydrogens is 354 g/mol. The summed E-state index contributed by atoms with van der Waals surface area (Å²) in [6.07, 6.45) is 4.22. The molecule has 2 fully saturated rings. The third-order valence-corrected chi connectivity index (χ3v) is 4.94. The molecule has 2 saturated heterocycles. The molecule has 2 atom stereocenters.